The summed E-state index contributed by atoms with van der Waals surface area (Å²) >= 11 is 0. The molecule has 2 rings (SSSR count). The lowest BCUT2D eigenvalue weighted by atomic mass is 10.1. The molecule has 0 saturated carbocycles. The molecular formula is C20H32N4O2. The lowest BCUT2D eigenvalue weighted by Crippen LogP contribution is -2.38. The van der Waals surface area contributed by atoms with Crippen LogP contribution in [-0.4, -0.2) is 50.1 Å². The van der Waals surface area contributed by atoms with Crippen LogP contribution >= 0.6 is 0 Å². The first-order valence-corrected chi connectivity index (χ1v) is 9.61. The molecule has 1 heterocycles. The number of aliphatic imine (C=N–C) groups is 1. The van der Waals surface area contributed by atoms with E-state index in [0.717, 1.165) is 64.6 Å². The number of carbonyl (C=O) groups excluding carboxylic acids is 1. The topological polar surface area (TPSA) is 66.0 Å². The molecule has 1 amide bonds. The number of nitrogens with zero attached hydrogens (tertiary/aromatic N) is 2. The molecule has 0 fully saturated rings. The van der Waals surface area contributed by atoms with Crippen molar-refractivity contribution in [1.82, 2.24) is 15.5 Å². The Morgan fingerprint density at radius 1 is 1.12 bits per heavy atom. The molecule has 0 spiro atoms. The summed E-state index contributed by atoms with van der Waals surface area (Å²) in [4.78, 5) is 18.5. The molecule has 0 unspecified atom stereocenters. The highest BCUT2D eigenvalue weighted by Gasteiger charge is 2.22. The number of guanidine groups is 1. The van der Waals surface area contributed by atoms with Crippen LogP contribution in [0.5, 0.6) is 0 Å². The summed E-state index contributed by atoms with van der Waals surface area (Å²) < 4.78 is 5.32. The Morgan fingerprint density at radius 3 is 2.38 bits per heavy atom. The summed E-state index contributed by atoms with van der Waals surface area (Å²) in [5.74, 6) is 1.02. The Kier molecular flexibility index (Phi) is 8.96. The van der Waals surface area contributed by atoms with E-state index in [4.69, 9.17) is 4.74 Å². The molecule has 0 atom stereocenters. The van der Waals surface area contributed by atoms with E-state index in [1.807, 2.05) is 24.0 Å². The maximum absolute atomic E-state index is 12.4. The number of nitrogens with one attached hydrogen (secondary N) is 2. The maximum Gasteiger partial charge on any atom is 0.223 e. The molecule has 0 saturated heterocycles. The van der Waals surface area contributed by atoms with Gasteiger partial charge in [0.05, 0.1) is 0 Å². The summed E-state index contributed by atoms with van der Waals surface area (Å²) in [6, 6.07) is 8.28. The summed E-state index contributed by atoms with van der Waals surface area (Å²) in [5, 5.41) is 6.56. The second kappa shape index (κ2) is 11.5. The maximum atomic E-state index is 12.4. The van der Waals surface area contributed by atoms with Gasteiger partial charge in [-0.05, 0) is 37.3 Å². The van der Waals surface area contributed by atoms with Gasteiger partial charge in [0.2, 0.25) is 5.91 Å². The van der Waals surface area contributed by atoms with E-state index in [1.165, 1.54) is 11.1 Å². The van der Waals surface area contributed by atoms with Crippen LogP contribution in [0.15, 0.2) is 29.3 Å². The van der Waals surface area contributed by atoms with Crippen molar-refractivity contribution in [3.05, 3.63) is 35.4 Å². The van der Waals surface area contributed by atoms with Crippen molar-refractivity contribution >= 4 is 11.9 Å². The SMILES string of the molecule is CCOCCCCNC(=NC)NCCCC(=O)N1Cc2ccccc2C1. The minimum atomic E-state index is 0.224. The minimum absolute atomic E-state index is 0.224. The van der Waals surface area contributed by atoms with E-state index in [2.05, 4.69) is 27.8 Å². The molecule has 1 aromatic carbocycles. The fourth-order valence-electron chi connectivity index (χ4n) is 3.01. The van der Waals surface area contributed by atoms with Crippen LogP contribution < -0.4 is 10.6 Å². The zero-order valence-corrected chi connectivity index (χ0v) is 16.1. The molecule has 6 nitrogen and oxygen atoms in total. The van der Waals surface area contributed by atoms with Crippen molar-refractivity contribution in [2.45, 2.75) is 45.7 Å². The summed E-state index contributed by atoms with van der Waals surface area (Å²) in [6.45, 7) is 6.70. The fraction of sp³-hybridized carbons (Fsp3) is 0.600. The molecule has 26 heavy (non-hydrogen) atoms. The average molecular weight is 361 g/mol. The number of benzene rings is 1. The second-order valence-electron chi connectivity index (χ2n) is 6.45. The van der Waals surface area contributed by atoms with Gasteiger partial charge in [-0.15, -0.1) is 0 Å². The third-order valence-corrected chi connectivity index (χ3v) is 4.49. The van der Waals surface area contributed by atoms with Gasteiger partial charge in [-0.3, -0.25) is 9.79 Å². The van der Waals surface area contributed by atoms with Gasteiger partial charge >= 0.3 is 0 Å². The number of ether oxygens (including phenoxy) is 1. The van der Waals surface area contributed by atoms with Gasteiger partial charge in [0, 0.05) is 52.9 Å². The molecule has 2 N–H and O–H groups in total. The quantitative estimate of drug-likeness (QED) is 0.382. The van der Waals surface area contributed by atoms with Gasteiger partial charge in [-0.2, -0.15) is 0 Å². The van der Waals surface area contributed by atoms with Crippen LogP contribution in [-0.2, 0) is 22.6 Å². The molecular weight excluding hydrogens is 328 g/mol. The van der Waals surface area contributed by atoms with Gasteiger partial charge in [0.25, 0.3) is 0 Å². The van der Waals surface area contributed by atoms with Crippen LogP contribution in [0.25, 0.3) is 0 Å². The number of fused-ring (bicyclic) bond motifs is 1. The number of amides is 1. The monoisotopic (exact) mass is 360 g/mol. The Balaban J connectivity index is 1.55. The highest BCUT2D eigenvalue weighted by atomic mass is 16.5. The Bertz CT molecular complexity index is 564. The lowest BCUT2D eigenvalue weighted by molar-refractivity contribution is -0.131. The van der Waals surface area contributed by atoms with Gasteiger partial charge in [0.1, 0.15) is 0 Å². The van der Waals surface area contributed by atoms with Crippen molar-refractivity contribution in [2.24, 2.45) is 4.99 Å². The zero-order valence-electron chi connectivity index (χ0n) is 16.1. The van der Waals surface area contributed by atoms with E-state index in [-0.39, 0.29) is 5.91 Å². The van der Waals surface area contributed by atoms with Gasteiger partial charge in [-0.25, -0.2) is 0 Å². The normalized spacial score (nSPS) is 13.6. The molecule has 0 bridgehead atoms. The van der Waals surface area contributed by atoms with Crippen molar-refractivity contribution < 1.29 is 9.53 Å². The average Bonchev–Trinajstić information content (AvgIpc) is 3.10. The standard InChI is InChI=1S/C20H32N4O2/c1-3-26-14-7-6-12-22-20(21-2)23-13-8-11-19(25)24-15-17-9-4-5-10-18(17)16-24/h4-5,9-10H,3,6-8,11-16H2,1-2H3,(H2,21,22,23). The highest BCUT2D eigenvalue weighted by Crippen LogP contribution is 2.22. The smallest absolute Gasteiger partial charge is 0.223 e. The Morgan fingerprint density at radius 2 is 1.77 bits per heavy atom. The van der Waals surface area contributed by atoms with Crippen LogP contribution in [0.4, 0.5) is 0 Å². The first kappa shape index (κ1) is 20.2. The van der Waals surface area contributed by atoms with E-state index in [9.17, 15) is 4.79 Å². The van der Waals surface area contributed by atoms with Crippen LogP contribution in [0.3, 0.4) is 0 Å². The molecule has 1 aliphatic rings. The third kappa shape index (κ3) is 6.67. The molecule has 6 heteroatoms. The predicted octanol–water partition coefficient (Wildman–Crippen LogP) is 2.29. The van der Waals surface area contributed by atoms with Gasteiger partial charge in [-0.1, -0.05) is 24.3 Å². The van der Waals surface area contributed by atoms with Crippen molar-refractivity contribution in [1.29, 1.82) is 0 Å². The number of carbonyl (C=O) groups is 1. The minimum Gasteiger partial charge on any atom is -0.382 e. The van der Waals surface area contributed by atoms with Crippen molar-refractivity contribution in [3.8, 4) is 0 Å². The van der Waals surface area contributed by atoms with E-state index in [0.29, 0.717) is 6.42 Å². The predicted molar refractivity (Wildman–Crippen MR) is 105 cm³/mol. The van der Waals surface area contributed by atoms with E-state index in [1.54, 1.807) is 7.05 Å². The fourth-order valence-corrected chi connectivity index (χ4v) is 3.01. The summed E-state index contributed by atoms with van der Waals surface area (Å²) in [7, 11) is 1.77. The van der Waals surface area contributed by atoms with E-state index < -0.39 is 0 Å². The summed E-state index contributed by atoms with van der Waals surface area (Å²) in [6.07, 6.45) is 3.46. The number of rotatable bonds is 10. The number of hydrogen-bond donors (Lipinski definition) is 2. The van der Waals surface area contributed by atoms with Crippen LogP contribution in [0.2, 0.25) is 0 Å². The first-order chi connectivity index (χ1) is 12.7. The molecule has 1 aromatic rings. The molecule has 144 valence electrons. The third-order valence-electron chi connectivity index (χ3n) is 4.49. The Labute approximate surface area is 157 Å². The number of hydrogen-bond acceptors (Lipinski definition) is 3. The van der Waals surface area contributed by atoms with Crippen LogP contribution in [0.1, 0.15) is 43.7 Å². The van der Waals surface area contributed by atoms with Gasteiger partial charge in [0.15, 0.2) is 5.96 Å². The molecule has 1 aliphatic heterocycles. The lowest BCUT2D eigenvalue weighted by Gasteiger charge is -2.16. The molecule has 0 aliphatic carbocycles. The molecule has 0 radical (unpaired) electrons. The zero-order chi connectivity index (χ0) is 18.6. The second-order valence-corrected chi connectivity index (χ2v) is 6.45. The van der Waals surface area contributed by atoms with Crippen molar-refractivity contribution in [2.75, 3.05) is 33.4 Å². The highest BCUT2D eigenvalue weighted by molar-refractivity contribution is 5.80. The van der Waals surface area contributed by atoms with E-state index >= 15 is 0 Å². The largest absolute Gasteiger partial charge is 0.382 e. The van der Waals surface area contributed by atoms with Crippen LogP contribution in [0, 0.1) is 0 Å². The van der Waals surface area contributed by atoms with Crippen molar-refractivity contribution in [3.63, 3.8) is 0 Å². The summed E-state index contributed by atoms with van der Waals surface area (Å²) in [5.41, 5.74) is 2.54. The Hall–Kier alpha value is -2.08. The molecule has 0 aromatic heterocycles. The number of unbranched alkanes of at least 4 members (excludes halogenated alkanes) is 1. The first-order valence-electron chi connectivity index (χ1n) is 9.61. The van der Waals surface area contributed by atoms with Gasteiger partial charge < -0.3 is 20.3 Å².